The average Bonchev–Trinajstić information content (AvgIpc) is 2.39. The van der Waals surface area contributed by atoms with Crippen molar-refractivity contribution in [3.05, 3.63) is 35.9 Å². The van der Waals surface area contributed by atoms with E-state index >= 15 is 0 Å². The molecule has 1 aromatic carbocycles. The molecule has 0 saturated heterocycles. The van der Waals surface area contributed by atoms with Gasteiger partial charge in [0.1, 0.15) is 0 Å². The number of nitrogens with two attached hydrogens (primary N) is 1. The first-order valence-corrected chi connectivity index (χ1v) is 8.43. The van der Waals surface area contributed by atoms with E-state index < -0.39 is 10.0 Å². The third-order valence-corrected chi connectivity index (χ3v) is 4.83. The maximum absolute atomic E-state index is 12.3. The minimum absolute atomic E-state index is 0.192. The Labute approximate surface area is 116 Å². The molecule has 1 rings (SSSR count). The third-order valence-electron chi connectivity index (χ3n) is 2.92. The molecule has 0 aliphatic carbocycles. The fourth-order valence-corrected chi connectivity index (χ4v) is 3.54. The topological polar surface area (TPSA) is 63.4 Å². The normalized spacial score (nSPS) is 11.9. The zero-order valence-electron chi connectivity index (χ0n) is 11.6. The Hall–Kier alpha value is -0.910. The van der Waals surface area contributed by atoms with Crippen molar-refractivity contribution in [1.82, 2.24) is 4.31 Å². The highest BCUT2D eigenvalue weighted by molar-refractivity contribution is 7.89. The SMILES string of the molecule is CCCN(Cc1ccccc1)S(=O)(=O)CCCCN. The van der Waals surface area contributed by atoms with Crippen LogP contribution >= 0.6 is 0 Å². The third kappa shape index (κ3) is 5.72. The Morgan fingerprint density at radius 3 is 2.42 bits per heavy atom. The number of sulfonamides is 1. The van der Waals surface area contributed by atoms with Gasteiger partial charge < -0.3 is 5.73 Å². The highest BCUT2D eigenvalue weighted by Gasteiger charge is 2.20. The molecule has 0 amide bonds. The van der Waals surface area contributed by atoms with Gasteiger partial charge in [0, 0.05) is 13.1 Å². The van der Waals surface area contributed by atoms with Gasteiger partial charge in [-0.2, -0.15) is 4.31 Å². The summed E-state index contributed by atoms with van der Waals surface area (Å²) < 4.78 is 26.2. The molecule has 0 aromatic heterocycles. The maximum Gasteiger partial charge on any atom is 0.214 e. The summed E-state index contributed by atoms with van der Waals surface area (Å²) in [5, 5.41) is 0. The van der Waals surface area contributed by atoms with Crippen molar-refractivity contribution in [2.45, 2.75) is 32.7 Å². The molecule has 108 valence electrons. The second kappa shape index (κ2) is 8.30. The van der Waals surface area contributed by atoms with Crippen molar-refractivity contribution in [2.75, 3.05) is 18.8 Å². The van der Waals surface area contributed by atoms with E-state index in [1.165, 1.54) is 0 Å². The van der Waals surface area contributed by atoms with Crippen molar-refractivity contribution in [2.24, 2.45) is 5.73 Å². The van der Waals surface area contributed by atoms with Gasteiger partial charge in [-0.3, -0.25) is 0 Å². The van der Waals surface area contributed by atoms with Crippen LogP contribution in [0.15, 0.2) is 30.3 Å². The van der Waals surface area contributed by atoms with Crippen LogP contribution < -0.4 is 5.73 Å². The van der Waals surface area contributed by atoms with Crippen LogP contribution in [0.2, 0.25) is 0 Å². The Morgan fingerprint density at radius 2 is 1.84 bits per heavy atom. The van der Waals surface area contributed by atoms with Crippen LogP contribution in [0.5, 0.6) is 0 Å². The van der Waals surface area contributed by atoms with Gasteiger partial charge in [0.2, 0.25) is 10.0 Å². The largest absolute Gasteiger partial charge is 0.330 e. The summed E-state index contributed by atoms with van der Waals surface area (Å²) in [4.78, 5) is 0. The fourth-order valence-electron chi connectivity index (χ4n) is 1.91. The number of nitrogens with zero attached hydrogens (tertiary/aromatic N) is 1. The van der Waals surface area contributed by atoms with Gasteiger partial charge in [0.25, 0.3) is 0 Å². The first-order valence-electron chi connectivity index (χ1n) is 6.82. The Balaban J connectivity index is 2.70. The highest BCUT2D eigenvalue weighted by atomic mass is 32.2. The van der Waals surface area contributed by atoms with Crippen LogP contribution in [0.1, 0.15) is 31.7 Å². The molecule has 0 aliphatic rings. The van der Waals surface area contributed by atoms with E-state index in [-0.39, 0.29) is 5.75 Å². The lowest BCUT2D eigenvalue weighted by atomic mass is 10.2. The molecule has 0 aliphatic heterocycles. The zero-order chi connectivity index (χ0) is 14.1. The molecule has 4 nitrogen and oxygen atoms in total. The number of benzene rings is 1. The molecule has 0 fully saturated rings. The molecule has 0 spiro atoms. The standard InChI is InChI=1S/C14H24N2O2S/c1-2-11-16(13-14-8-4-3-5-9-14)19(17,18)12-7-6-10-15/h3-5,8-9H,2,6-7,10-13,15H2,1H3. The van der Waals surface area contributed by atoms with Gasteiger partial charge in [0.05, 0.1) is 5.75 Å². The van der Waals surface area contributed by atoms with E-state index in [4.69, 9.17) is 5.73 Å². The second-order valence-corrected chi connectivity index (χ2v) is 6.72. The first kappa shape index (κ1) is 16.1. The molecule has 0 atom stereocenters. The van der Waals surface area contributed by atoms with Crippen LogP contribution in [0.25, 0.3) is 0 Å². The summed E-state index contributed by atoms with van der Waals surface area (Å²) in [5.41, 5.74) is 6.43. The second-order valence-electron chi connectivity index (χ2n) is 4.63. The quantitative estimate of drug-likeness (QED) is 0.705. The Bertz CT molecular complexity index is 446. The molecule has 0 saturated carbocycles. The number of rotatable bonds is 9. The van der Waals surface area contributed by atoms with E-state index in [0.717, 1.165) is 18.4 Å². The summed E-state index contributed by atoms with van der Waals surface area (Å²) >= 11 is 0. The molecule has 19 heavy (non-hydrogen) atoms. The van der Waals surface area contributed by atoms with E-state index in [1.807, 2.05) is 37.3 Å². The minimum atomic E-state index is -3.18. The molecular weight excluding hydrogens is 260 g/mol. The molecule has 5 heteroatoms. The van der Waals surface area contributed by atoms with Gasteiger partial charge >= 0.3 is 0 Å². The van der Waals surface area contributed by atoms with Gasteiger partial charge in [-0.1, -0.05) is 37.3 Å². The van der Waals surface area contributed by atoms with Gasteiger partial charge in [-0.05, 0) is 31.4 Å². The van der Waals surface area contributed by atoms with Crippen molar-refractivity contribution in [3.8, 4) is 0 Å². The predicted octanol–water partition coefficient (Wildman–Crippen LogP) is 1.97. The fraction of sp³-hybridized carbons (Fsp3) is 0.571. The maximum atomic E-state index is 12.3. The van der Waals surface area contributed by atoms with E-state index in [9.17, 15) is 8.42 Å². The summed E-state index contributed by atoms with van der Waals surface area (Å²) in [6.07, 6.45) is 2.21. The first-order chi connectivity index (χ1) is 9.10. The molecular formula is C14H24N2O2S. The van der Waals surface area contributed by atoms with Crippen molar-refractivity contribution < 1.29 is 8.42 Å². The van der Waals surface area contributed by atoms with Crippen LogP contribution in [-0.2, 0) is 16.6 Å². The Kier molecular flexibility index (Phi) is 7.05. The summed E-state index contributed by atoms with van der Waals surface area (Å²) in [5.74, 6) is 0.192. The van der Waals surface area contributed by atoms with Crippen molar-refractivity contribution >= 4 is 10.0 Å². The lowest BCUT2D eigenvalue weighted by molar-refractivity contribution is 0.404. The lowest BCUT2D eigenvalue weighted by Gasteiger charge is -2.21. The van der Waals surface area contributed by atoms with Crippen LogP contribution in [0.4, 0.5) is 0 Å². The van der Waals surface area contributed by atoms with Crippen LogP contribution in [0.3, 0.4) is 0 Å². The number of unbranched alkanes of at least 4 members (excludes halogenated alkanes) is 1. The highest BCUT2D eigenvalue weighted by Crippen LogP contribution is 2.12. The van der Waals surface area contributed by atoms with Crippen LogP contribution in [0, 0.1) is 0 Å². The van der Waals surface area contributed by atoms with Gasteiger partial charge in [-0.25, -0.2) is 8.42 Å². The molecule has 0 heterocycles. The summed E-state index contributed by atoms with van der Waals surface area (Å²) in [6, 6.07) is 9.71. The zero-order valence-corrected chi connectivity index (χ0v) is 12.4. The predicted molar refractivity (Wildman–Crippen MR) is 79.2 cm³/mol. The molecule has 0 radical (unpaired) electrons. The summed E-state index contributed by atoms with van der Waals surface area (Å²) in [6.45, 7) is 3.56. The van der Waals surface area contributed by atoms with Gasteiger partial charge in [0.15, 0.2) is 0 Å². The van der Waals surface area contributed by atoms with Crippen molar-refractivity contribution in [3.63, 3.8) is 0 Å². The molecule has 0 bridgehead atoms. The monoisotopic (exact) mass is 284 g/mol. The number of hydrogen-bond donors (Lipinski definition) is 1. The molecule has 2 N–H and O–H groups in total. The van der Waals surface area contributed by atoms with E-state index in [2.05, 4.69) is 0 Å². The molecule has 1 aromatic rings. The molecule has 0 unspecified atom stereocenters. The Morgan fingerprint density at radius 1 is 1.16 bits per heavy atom. The average molecular weight is 284 g/mol. The van der Waals surface area contributed by atoms with Crippen molar-refractivity contribution in [1.29, 1.82) is 0 Å². The lowest BCUT2D eigenvalue weighted by Crippen LogP contribution is -2.33. The van der Waals surface area contributed by atoms with Gasteiger partial charge in [-0.15, -0.1) is 0 Å². The van der Waals surface area contributed by atoms with E-state index in [1.54, 1.807) is 4.31 Å². The van der Waals surface area contributed by atoms with E-state index in [0.29, 0.717) is 26.1 Å². The van der Waals surface area contributed by atoms with Crippen LogP contribution in [-0.4, -0.2) is 31.6 Å². The smallest absolute Gasteiger partial charge is 0.214 e. The minimum Gasteiger partial charge on any atom is -0.330 e. The summed E-state index contributed by atoms with van der Waals surface area (Å²) in [7, 11) is -3.18. The number of hydrogen-bond acceptors (Lipinski definition) is 3.